The summed E-state index contributed by atoms with van der Waals surface area (Å²) in [6.07, 6.45) is 1.42. The van der Waals surface area contributed by atoms with Gasteiger partial charge in [0.2, 0.25) is 0 Å². The van der Waals surface area contributed by atoms with Crippen LogP contribution in [-0.4, -0.2) is 24.7 Å². The maximum atomic E-state index is 13.3. The van der Waals surface area contributed by atoms with Gasteiger partial charge in [0.25, 0.3) is 0 Å². The lowest BCUT2D eigenvalue weighted by Crippen LogP contribution is -2.09. The van der Waals surface area contributed by atoms with Gasteiger partial charge < -0.3 is 14.8 Å². The molecule has 0 bridgehead atoms. The molecule has 0 fully saturated rings. The van der Waals surface area contributed by atoms with Gasteiger partial charge in [-0.3, -0.25) is 4.98 Å². The van der Waals surface area contributed by atoms with Crippen LogP contribution in [0.2, 0.25) is 5.02 Å². The van der Waals surface area contributed by atoms with Crippen molar-refractivity contribution in [3.8, 4) is 5.75 Å². The van der Waals surface area contributed by atoms with E-state index in [-0.39, 0.29) is 17.2 Å². The van der Waals surface area contributed by atoms with Gasteiger partial charge in [-0.2, -0.15) is 0 Å². The minimum Gasteiger partial charge on any atom is -0.494 e. The zero-order chi connectivity index (χ0) is 18.7. The molecule has 0 aliphatic carbocycles. The summed E-state index contributed by atoms with van der Waals surface area (Å²) in [6, 6.07) is 9.33. The van der Waals surface area contributed by atoms with Crippen LogP contribution in [-0.2, 0) is 4.74 Å². The number of hydrogen-bond acceptors (Lipinski definition) is 5. The van der Waals surface area contributed by atoms with Crippen molar-refractivity contribution in [2.75, 3.05) is 19.0 Å². The van der Waals surface area contributed by atoms with Crippen LogP contribution >= 0.6 is 11.6 Å². The SMILES string of the molecule is CCOC(=O)c1cnc2c(OC)cccc2c1Nc1ccc(F)cc1Cl. The number of fused-ring (bicyclic) bond motifs is 1. The Hall–Kier alpha value is -2.86. The summed E-state index contributed by atoms with van der Waals surface area (Å²) in [5.41, 5.74) is 1.73. The molecule has 7 heteroatoms. The molecule has 0 saturated heterocycles. The van der Waals surface area contributed by atoms with Crippen LogP contribution in [0.1, 0.15) is 17.3 Å². The fourth-order valence-corrected chi connectivity index (χ4v) is 2.80. The molecule has 26 heavy (non-hydrogen) atoms. The molecule has 0 unspecified atom stereocenters. The zero-order valence-corrected chi connectivity index (χ0v) is 14.9. The number of benzene rings is 2. The van der Waals surface area contributed by atoms with Gasteiger partial charge in [-0.05, 0) is 31.2 Å². The van der Waals surface area contributed by atoms with Crippen molar-refractivity contribution in [3.05, 3.63) is 59.0 Å². The Kier molecular flexibility index (Phi) is 5.23. The van der Waals surface area contributed by atoms with E-state index in [1.54, 1.807) is 32.2 Å². The van der Waals surface area contributed by atoms with Crippen LogP contribution < -0.4 is 10.1 Å². The highest BCUT2D eigenvalue weighted by atomic mass is 35.5. The lowest BCUT2D eigenvalue weighted by molar-refractivity contribution is 0.0527. The molecular weight excluding hydrogens is 359 g/mol. The van der Waals surface area contributed by atoms with Crippen molar-refractivity contribution in [2.45, 2.75) is 6.92 Å². The summed E-state index contributed by atoms with van der Waals surface area (Å²) in [5.74, 6) is -0.413. The number of carbonyl (C=O) groups is 1. The highest BCUT2D eigenvalue weighted by Crippen LogP contribution is 2.35. The molecule has 0 aliphatic rings. The van der Waals surface area contributed by atoms with Crippen LogP contribution in [0.3, 0.4) is 0 Å². The van der Waals surface area contributed by atoms with Gasteiger partial charge in [-0.25, -0.2) is 9.18 Å². The molecule has 0 aliphatic heterocycles. The smallest absolute Gasteiger partial charge is 0.341 e. The maximum absolute atomic E-state index is 13.3. The Balaban J connectivity index is 2.21. The summed E-state index contributed by atoms with van der Waals surface area (Å²) in [7, 11) is 1.54. The van der Waals surface area contributed by atoms with Gasteiger partial charge in [-0.15, -0.1) is 0 Å². The lowest BCUT2D eigenvalue weighted by Gasteiger charge is -2.16. The topological polar surface area (TPSA) is 60.5 Å². The highest BCUT2D eigenvalue weighted by Gasteiger charge is 2.19. The van der Waals surface area contributed by atoms with E-state index in [4.69, 9.17) is 21.1 Å². The summed E-state index contributed by atoms with van der Waals surface area (Å²) >= 11 is 6.12. The van der Waals surface area contributed by atoms with E-state index >= 15 is 0 Å². The number of pyridine rings is 1. The van der Waals surface area contributed by atoms with Crippen LogP contribution in [0.25, 0.3) is 10.9 Å². The predicted octanol–water partition coefficient (Wildman–Crippen LogP) is 4.96. The Morgan fingerprint density at radius 1 is 1.31 bits per heavy atom. The molecule has 1 N–H and O–H groups in total. The highest BCUT2D eigenvalue weighted by molar-refractivity contribution is 6.33. The number of nitrogens with one attached hydrogen (secondary N) is 1. The maximum Gasteiger partial charge on any atom is 0.341 e. The van der Waals surface area contributed by atoms with E-state index < -0.39 is 11.8 Å². The molecule has 0 spiro atoms. The minimum absolute atomic E-state index is 0.188. The van der Waals surface area contributed by atoms with E-state index in [0.717, 1.165) is 0 Å². The van der Waals surface area contributed by atoms with E-state index in [0.29, 0.717) is 28.0 Å². The Morgan fingerprint density at radius 3 is 2.81 bits per heavy atom. The quantitative estimate of drug-likeness (QED) is 0.640. The van der Waals surface area contributed by atoms with Crippen LogP contribution in [0.4, 0.5) is 15.8 Å². The fraction of sp³-hybridized carbons (Fsp3) is 0.158. The summed E-state index contributed by atoms with van der Waals surface area (Å²) < 4.78 is 23.8. The minimum atomic E-state index is -0.523. The third kappa shape index (κ3) is 3.41. The number of anilines is 2. The number of methoxy groups -OCH3 is 1. The predicted molar refractivity (Wildman–Crippen MR) is 98.9 cm³/mol. The second kappa shape index (κ2) is 7.58. The van der Waals surface area contributed by atoms with Crippen molar-refractivity contribution in [1.82, 2.24) is 4.98 Å². The molecule has 0 saturated carbocycles. The molecule has 5 nitrogen and oxygen atoms in total. The van der Waals surface area contributed by atoms with E-state index in [1.165, 1.54) is 24.4 Å². The number of rotatable bonds is 5. The number of para-hydroxylation sites is 1. The fourth-order valence-electron chi connectivity index (χ4n) is 2.58. The van der Waals surface area contributed by atoms with Gasteiger partial charge in [0.15, 0.2) is 0 Å². The largest absolute Gasteiger partial charge is 0.494 e. The number of halogens is 2. The van der Waals surface area contributed by atoms with Gasteiger partial charge in [0.1, 0.15) is 22.6 Å². The normalized spacial score (nSPS) is 10.6. The molecule has 3 rings (SSSR count). The Morgan fingerprint density at radius 2 is 2.12 bits per heavy atom. The number of aromatic nitrogens is 1. The molecular formula is C19H16ClFN2O3. The summed E-state index contributed by atoms with van der Waals surface area (Å²) in [5, 5.41) is 3.94. The van der Waals surface area contributed by atoms with Crippen molar-refractivity contribution in [3.63, 3.8) is 0 Å². The van der Waals surface area contributed by atoms with Gasteiger partial charge >= 0.3 is 5.97 Å². The molecule has 3 aromatic rings. The zero-order valence-electron chi connectivity index (χ0n) is 14.2. The molecule has 0 amide bonds. The first-order valence-corrected chi connectivity index (χ1v) is 8.27. The van der Waals surface area contributed by atoms with Gasteiger partial charge in [-0.1, -0.05) is 23.7 Å². The number of esters is 1. The number of hydrogen-bond donors (Lipinski definition) is 1. The van der Waals surface area contributed by atoms with Crippen LogP contribution in [0, 0.1) is 5.82 Å². The first-order chi connectivity index (χ1) is 12.5. The average Bonchev–Trinajstić information content (AvgIpc) is 2.63. The molecule has 0 radical (unpaired) electrons. The number of nitrogens with zero attached hydrogens (tertiary/aromatic N) is 1. The van der Waals surface area contributed by atoms with Crippen molar-refractivity contribution < 1.29 is 18.7 Å². The first-order valence-electron chi connectivity index (χ1n) is 7.90. The average molecular weight is 375 g/mol. The second-order valence-corrected chi connectivity index (χ2v) is 5.78. The van der Waals surface area contributed by atoms with E-state index in [9.17, 15) is 9.18 Å². The molecule has 1 aromatic heterocycles. The lowest BCUT2D eigenvalue weighted by atomic mass is 10.1. The van der Waals surface area contributed by atoms with Gasteiger partial charge in [0.05, 0.1) is 30.1 Å². The Bertz CT molecular complexity index is 978. The molecule has 2 aromatic carbocycles. The first kappa shape index (κ1) is 17.9. The standard InChI is InChI=1S/C19H16ClFN2O3/c1-3-26-19(24)13-10-22-18-12(5-4-6-16(18)25-2)17(13)23-15-8-7-11(21)9-14(15)20/h4-10H,3H2,1-2H3,(H,22,23). The van der Waals surface area contributed by atoms with E-state index in [1.807, 2.05) is 0 Å². The molecule has 1 heterocycles. The van der Waals surface area contributed by atoms with Crippen LogP contribution in [0.5, 0.6) is 5.75 Å². The second-order valence-electron chi connectivity index (χ2n) is 5.37. The number of ether oxygens (including phenoxy) is 2. The molecule has 0 atom stereocenters. The van der Waals surface area contributed by atoms with Crippen LogP contribution in [0.15, 0.2) is 42.6 Å². The third-order valence-corrected chi connectivity index (χ3v) is 4.08. The van der Waals surface area contributed by atoms with Crippen molar-refractivity contribution in [2.24, 2.45) is 0 Å². The molecule has 134 valence electrons. The summed E-state index contributed by atoms with van der Waals surface area (Å²) in [4.78, 5) is 16.7. The summed E-state index contributed by atoms with van der Waals surface area (Å²) in [6.45, 7) is 1.95. The van der Waals surface area contributed by atoms with Gasteiger partial charge in [0, 0.05) is 11.6 Å². The van der Waals surface area contributed by atoms with E-state index in [2.05, 4.69) is 10.3 Å². The van der Waals surface area contributed by atoms with Crippen molar-refractivity contribution in [1.29, 1.82) is 0 Å². The Labute approximate surface area is 154 Å². The third-order valence-electron chi connectivity index (χ3n) is 3.77. The van der Waals surface area contributed by atoms with Crippen molar-refractivity contribution >= 4 is 39.8 Å². The number of carbonyl (C=O) groups excluding carboxylic acids is 1. The monoisotopic (exact) mass is 374 g/mol.